The van der Waals surface area contributed by atoms with E-state index in [9.17, 15) is 4.79 Å². The van der Waals surface area contributed by atoms with Crippen LogP contribution in [0.1, 0.15) is 38.0 Å². The zero-order chi connectivity index (χ0) is 14.0. The Kier molecular flexibility index (Phi) is 3.33. The molecule has 0 bridgehead atoms. The van der Waals surface area contributed by atoms with Crippen molar-refractivity contribution in [3.63, 3.8) is 0 Å². The van der Waals surface area contributed by atoms with Crippen LogP contribution >= 0.6 is 0 Å². The third-order valence-corrected chi connectivity index (χ3v) is 2.50. The van der Waals surface area contributed by atoms with Crippen molar-refractivity contribution in [1.82, 2.24) is 25.0 Å². The molecule has 1 N–H and O–H groups in total. The fourth-order valence-corrected chi connectivity index (χ4v) is 1.53. The lowest BCUT2D eigenvalue weighted by Crippen LogP contribution is -2.22. The Hall–Kier alpha value is -2.24. The minimum absolute atomic E-state index is 0.102. The van der Waals surface area contributed by atoms with Crippen LogP contribution in [0.25, 0.3) is 12.2 Å². The highest BCUT2D eigenvalue weighted by atomic mass is 16.1. The Labute approximate surface area is 111 Å². The predicted octanol–water partition coefficient (Wildman–Crippen LogP) is 1.60. The largest absolute Gasteiger partial charge is 0.307 e. The molecular weight excluding hydrogens is 242 g/mol. The molecule has 0 saturated carbocycles. The van der Waals surface area contributed by atoms with Gasteiger partial charge in [0.25, 0.3) is 5.56 Å². The molecule has 0 saturated heterocycles. The first-order valence-corrected chi connectivity index (χ1v) is 6.03. The Morgan fingerprint density at radius 3 is 2.63 bits per heavy atom. The van der Waals surface area contributed by atoms with Crippen LogP contribution in [-0.4, -0.2) is 25.0 Å². The summed E-state index contributed by atoms with van der Waals surface area (Å²) in [7, 11) is 0. The summed E-state index contributed by atoms with van der Waals surface area (Å²) in [6.07, 6.45) is 5.34. The van der Waals surface area contributed by atoms with E-state index in [1.807, 2.05) is 6.20 Å². The standard InChI is InChI=1S/C13H17N5O/c1-9-7-12(19)15-11(14-9)6-5-10-8-18(17-16-10)13(2,3)4/h5-8H,1-4H3,(H,14,15,19). The van der Waals surface area contributed by atoms with Gasteiger partial charge in [-0.2, -0.15) is 0 Å². The molecule has 0 fully saturated rings. The Morgan fingerprint density at radius 1 is 1.32 bits per heavy atom. The highest BCUT2D eigenvalue weighted by molar-refractivity contribution is 5.63. The van der Waals surface area contributed by atoms with Gasteiger partial charge >= 0.3 is 0 Å². The van der Waals surface area contributed by atoms with Crippen molar-refractivity contribution >= 4 is 12.2 Å². The van der Waals surface area contributed by atoms with Crippen molar-refractivity contribution in [3.05, 3.63) is 39.8 Å². The third kappa shape index (κ3) is 3.37. The normalized spacial score (nSPS) is 12.2. The first-order chi connectivity index (χ1) is 8.84. The second-order valence-electron chi connectivity index (χ2n) is 5.36. The molecule has 0 aliphatic heterocycles. The van der Waals surface area contributed by atoms with Crippen LogP contribution < -0.4 is 5.56 Å². The maximum Gasteiger partial charge on any atom is 0.251 e. The van der Waals surface area contributed by atoms with Crippen molar-refractivity contribution in [3.8, 4) is 0 Å². The van der Waals surface area contributed by atoms with Gasteiger partial charge in [0, 0.05) is 11.8 Å². The molecule has 0 aliphatic carbocycles. The van der Waals surface area contributed by atoms with Gasteiger partial charge in [-0.1, -0.05) is 5.21 Å². The van der Waals surface area contributed by atoms with Crippen molar-refractivity contribution in [2.75, 3.05) is 0 Å². The van der Waals surface area contributed by atoms with Crippen LogP contribution in [0.5, 0.6) is 0 Å². The smallest absolute Gasteiger partial charge is 0.251 e. The van der Waals surface area contributed by atoms with Crippen molar-refractivity contribution in [2.24, 2.45) is 0 Å². The van der Waals surface area contributed by atoms with Crippen LogP contribution in [0.15, 0.2) is 17.1 Å². The van der Waals surface area contributed by atoms with Gasteiger partial charge < -0.3 is 4.98 Å². The summed E-state index contributed by atoms with van der Waals surface area (Å²) >= 11 is 0. The van der Waals surface area contributed by atoms with Crippen LogP contribution in [0.2, 0.25) is 0 Å². The summed E-state index contributed by atoms with van der Waals surface area (Å²) < 4.78 is 1.79. The molecule has 0 unspecified atom stereocenters. The Bertz CT molecular complexity index is 660. The first kappa shape index (κ1) is 13.2. The van der Waals surface area contributed by atoms with E-state index >= 15 is 0 Å². The number of nitrogens with one attached hydrogen (secondary N) is 1. The molecular formula is C13H17N5O. The minimum Gasteiger partial charge on any atom is -0.307 e. The summed E-state index contributed by atoms with van der Waals surface area (Å²) in [5.41, 5.74) is 1.14. The van der Waals surface area contributed by atoms with Gasteiger partial charge in [0.2, 0.25) is 0 Å². The van der Waals surface area contributed by atoms with Gasteiger partial charge in [0.15, 0.2) is 0 Å². The zero-order valence-electron chi connectivity index (χ0n) is 11.5. The summed E-state index contributed by atoms with van der Waals surface area (Å²) in [5, 5.41) is 8.11. The number of aromatic nitrogens is 5. The van der Waals surface area contributed by atoms with E-state index < -0.39 is 0 Å². The summed E-state index contributed by atoms with van der Waals surface area (Å²) in [6.45, 7) is 7.93. The molecule has 0 spiro atoms. The zero-order valence-corrected chi connectivity index (χ0v) is 11.5. The van der Waals surface area contributed by atoms with Crippen molar-refractivity contribution < 1.29 is 0 Å². The topological polar surface area (TPSA) is 76.5 Å². The molecule has 2 heterocycles. The van der Waals surface area contributed by atoms with E-state index in [1.165, 1.54) is 6.07 Å². The predicted molar refractivity (Wildman–Crippen MR) is 73.5 cm³/mol. The summed E-state index contributed by atoms with van der Waals surface area (Å²) in [5.74, 6) is 0.510. The SMILES string of the molecule is Cc1cc(=O)[nH]c(C=Cc2cn(C(C)(C)C)nn2)n1. The summed E-state index contributed by atoms with van der Waals surface area (Å²) in [6, 6.07) is 1.45. The highest BCUT2D eigenvalue weighted by Crippen LogP contribution is 2.12. The average molecular weight is 259 g/mol. The molecule has 0 aliphatic rings. The maximum atomic E-state index is 11.3. The summed E-state index contributed by atoms with van der Waals surface area (Å²) in [4.78, 5) is 18.2. The highest BCUT2D eigenvalue weighted by Gasteiger charge is 2.14. The number of aromatic amines is 1. The third-order valence-electron chi connectivity index (χ3n) is 2.50. The Morgan fingerprint density at radius 2 is 2.05 bits per heavy atom. The van der Waals surface area contributed by atoms with Crippen LogP contribution in [0.4, 0.5) is 0 Å². The quantitative estimate of drug-likeness (QED) is 0.888. The molecule has 0 aromatic carbocycles. The number of H-pyrrole nitrogens is 1. The Balaban J connectivity index is 2.23. The maximum absolute atomic E-state index is 11.3. The number of nitrogens with zero attached hydrogens (tertiary/aromatic N) is 4. The molecule has 0 radical (unpaired) electrons. The molecule has 6 heteroatoms. The van der Waals surface area contributed by atoms with E-state index in [1.54, 1.807) is 23.8 Å². The van der Waals surface area contributed by atoms with Crippen LogP contribution in [0, 0.1) is 6.92 Å². The lowest BCUT2D eigenvalue weighted by molar-refractivity contribution is 0.347. The molecule has 19 heavy (non-hydrogen) atoms. The molecule has 6 nitrogen and oxygen atoms in total. The molecule has 0 amide bonds. The van der Waals surface area contributed by atoms with Crippen LogP contribution in [0.3, 0.4) is 0 Å². The van der Waals surface area contributed by atoms with E-state index in [-0.39, 0.29) is 11.1 Å². The monoisotopic (exact) mass is 259 g/mol. The average Bonchev–Trinajstić information content (AvgIpc) is 2.73. The molecule has 2 rings (SSSR count). The lowest BCUT2D eigenvalue weighted by Gasteiger charge is -2.17. The second-order valence-corrected chi connectivity index (χ2v) is 5.36. The molecule has 2 aromatic heterocycles. The minimum atomic E-state index is -0.162. The van der Waals surface area contributed by atoms with Crippen molar-refractivity contribution in [1.29, 1.82) is 0 Å². The fourth-order valence-electron chi connectivity index (χ4n) is 1.53. The van der Waals surface area contributed by atoms with E-state index in [0.717, 1.165) is 5.69 Å². The van der Waals surface area contributed by atoms with Crippen molar-refractivity contribution in [2.45, 2.75) is 33.2 Å². The second kappa shape index (κ2) is 4.79. The first-order valence-electron chi connectivity index (χ1n) is 6.03. The molecule has 100 valence electrons. The van der Waals surface area contributed by atoms with Crippen LogP contribution in [-0.2, 0) is 5.54 Å². The lowest BCUT2D eigenvalue weighted by atomic mass is 10.1. The van der Waals surface area contributed by atoms with Gasteiger partial charge in [-0.05, 0) is 39.8 Å². The molecule has 0 atom stereocenters. The fraction of sp³-hybridized carbons (Fsp3) is 0.385. The van der Waals surface area contributed by atoms with E-state index in [0.29, 0.717) is 11.5 Å². The van der Waals surface area contributed by atoms with Gasteiger partial charge in [-0.3, -0.25) is 4.79 Å². The van der Waals surface area contributed by atoms with Gasteiger partial charge in [-0.25, -0.2) is 9.67 Å². The number of hydrogen-bond donors (Lipinski definition) is 1. The van der Waals surface area contributed by atoms with Gasteiger partial charge in [0.1, 0.15) is 11.5 Å². The molecule has 2 aromatic rings. The number of aryl methyl sites for hydroxylation is 1. The van der Waals surface area contributed by atoms with E-state index in [4.69, 9.17) is 0 Å². The van der Waals surface area contributed by atoms with Gasteiger partial charge in [0.05, 0.1) is 11.7 Å². The number of hydrogen-bond acceptors (Lipinski definition) is 4. The van der Waals surface area contributed by atoms with Gasteiger partial charge in [-0.15, -0.1) is 5.10 Å². The van der Waals surface area contributed by atoms with E-state index in [2.05, 4.69) is 41.1 Å². The number of rotatable bonds is 2.